The molecular weight excluding hydrogens is 399 g/mol. The lowest BCUT2D eigenvalue weighted by molar-refractivity contribution is -0.384. The number of nitro benzene ring substituents is 1. The molecule has 0 aliphatic carbocycles. The Morgan fingerprint density at radius 2 is 1.78 bits per heavy atom. The molecule has 0 aliphatic heterocycles. The summed E-state index contributed by atoms with van der Waals surface area (Å²) in [5.41, 5.74) is -0.0147. The number of rotatable bonds is 7. The van der Waals surface area contributed by atoms with Crippen LogP contribution in [0.1, 0.15) is 20.7 Å². The van der Waals surface area contributed by atoms with E-state index in [1.165, 1.54) is 36.4 Å². The van der Waals surface area contributed by atoms with Crippen LogP contribution in [0, 0.1) is 10.1 Å². The second-order valence-electron chi connectivity index (χ2n) is 5.20. The van der Waals surface area contributed by atoms with E-state index in [1.807, 2.05) is 0 Å². The minimum absolute atomic E-state index is 0.0175. The van der Waals surface area contributed by atoms with E-state index in [0.717, 1.165) is 6.07 Å². The number of carbonyl (C=O) groups is 3. The van der Waals surface area contributed by atoms with Crippen molar-refractivity contribution in [1.29, 1.82) is 0 Å². The predicted molar refractivity (Wildman–Crippen MR) is 97.2 cm³/mol. The zero-order valence-corrected chi connectivity index (χ0v) is 15.1. The topological polar surface area (TPSA) is 116 Å². The van der Waals surface area contributed by atoms with Gasteiger partial charge < -0.3 is 10.1 Å². The van der Waals surface area contributed by atoms with Crippen LogP contribution in [0.3, 0.4) is 0 Å². The number of amides is 1. The van der Waals surface area contributed by atoms with Crippen molar-refractivity contribution in [2.75, 3.05) is 13.2 Å². The summed E-state index contributed by atoms with van der Waals surface area (Å²) >= 11 is 11.6. The summed E-state index contributed by atoms with van der Waals surface area (Å²) in [7, 11) is 0. The number of carbonyl (C=O) groups excluding carboxylic acids is 3. The standard InChI is InChI=1S/C17H12Cl2N2O6/c18-13-5-4-10(7-14(13)19)15(22)9-27-16(23)8-20-17(24)11-2-1-3-12(6-11)21(25)26/h1-7H,8-9H2,(H,20,24). The van der Waals surface area contributed by atoms with E-state index in [-0.39, 0.29) is 26.9 Å². The Hall–Kier alpha value is -2.97. The zero-order chi connectivity index (χ0) is 20.0. The number of nitro groups is 1. The minimum atomic E-state index is -0.845. The van der Waals surface area contributed by atoms with E-state index in [0.29, 0.717) is 0 Å². The van der Waals surface area contributed by atoms with Crippen molar-refractivity contribution >= 4 is 46.5 Å². The lowest BCUT2D eigenvalue weighted by Gasteiger charge is -2.07. The number of ether oxygens (including phenoxy) is 1. The van der Waals surface area contributed by atoms with Gasteiger partial charge in [0.1, 0.15) is 6.54 Å². The fourth-order valence-electron chi connectivity index (χ4n) is 1.97. The largest absolute Gasteiger partial charge is 0.456 e. The molecule has 0 aromatic heterocycles. The molecule has 2 rings (SSSR count). The molecule has 0 bridgehead atoms. The smallest absolute Gasteiger partial charge is 0.325 e. The lowest BCUT2D eigenvalue weighted by atomic mass is 10.1. The third-order valence-electron chi connectivity index (χ3n) is 3.32. The molecule has 0 unspecified atom stereocenters. The molecule has 0 saturated carbocycles. The molecule has 0 spiro atoms. The Bertz CT molecular complexity index is 916. The fourth-order valence-corrected chi connectivity index (χ4v) is 2.26. The third kappa shape index (κ3) is 5.77. The second-order valence-corrected chi connectivity index (χ2v) is 6.02. The maximum absolute atomic E-state index is 11.9. The highest BCUT2D eigenvalue weighted by Gasteiger charge is 2.15. The number of hydrogen-bond acceptors (Lipinski definition) is 6. The molecule has 1 N–H and O–H groups in total. The highest BCUT2D eigenvalue weighted by atomic mass is 35.5. The number of Topliss-reactive ketones (excluding diaryl/α,β-unsaturated/α-hetero) is 1. The molecule has 0 heterocycles. The monoisotopic (exact) mass is 410 g/mol. The molecule has 2 aromatic rings. The molecule has 10 heteroatoms. The van der Waals surface area contributed by atoms with Crippen LogP contribution < -0.4 is 5.32 Å². The molecule has 0 fully saturated rings. The molecule has 0 saturated heterocycles. The van der Waals surface area contributed by atoms with Gasteiger partial charge in [-0.05, 0) is 24.3 Å². The first kappa shape index (κ1) is 20.3. The normalized spacial score (nSPS) is 10.1. The number of hydrogen-bond donors (Lipinski definition) is 1. The predicted octanol–water partition coefficient (Wildman–Crippen LogP) is 3.06. The molecule has 0 aliphatic rings. The van der Waals surface area contributed by atoms with Crippen LogP contribution in [0.15, 0.2) is 42.5 Å². The van der Waals surface area contributed by atoms with Gasteiger partial charge in [0.05, 0.1) is 15.0 Å². The van der Waals surface area contributed by atoms with Crippen molar-refractivity contribution in [2.24, 2.45) is 0 Å². The number of nitrogens with one attached hydrogen (secondary N) is 1. The molecule has 0 radical (unpaired) electrons. The van der Waals surface area contributed by atoms with Gasteiger partial charge in [-0.1, -0.05) is 29.3 Å². The molecule has 140 valence electrons. The quantitative estimate of drug-likeness (QED) is 0.324. The van der Waals surface area contributed by atoms with Gasteiger partial charge >= 0.3 is 5.97 Å². The summed E-state index contributed by atoms with van der Waals surface area (Å²) in [6.07, 6.45) is 0. The zero-order valence-electron chi connectivity index (χ0n) is 13.6. The Morgan fingerprint density at radius 1 is 1.04 bits per heavy atom. The highest BCUT2D eigenvalue weighted by molar-refractivity contribution is 6.42. The Morgan fingerprint density at radius 3 is 2.44 bits per heavy atom. The number of non-ortho nitro benzene ring substituents is 1. The summed E-state index contributed by atoms with van der Waals surface area (Å²) in [4.78, 5) is 45.6. The molecule has 8 nitrogen and oxygen atoms in total. The molecule has 1 amide bonds. The molecule has 2 aromatic carbocycles. The van der Waals surface area contributed by atoms with Crippen molar-refractivity contribution < 1.29 is 24.0 Å². The summed E-state index contributed by atoms with van der Waals surface area (Å²) in [5, 5.41) is 13.4. The van der Waals surface area contributed by atoms with E-state index in [9.17, 15) is 24.5 Å². The van der Waals surface area contributed by atoms with Crippen LogP contribution in [0.25, 0.3) is 0 Å². The fraction of sp³-hybridized carbons (Fsp3) is 0.118. The maximum Gasteiger partial charge on any atom is 0.325 e. The first-order valence-electron chi connectivity index (χ1n) is 7.44. The average Bonchev–Trinajstić information content (AvgIpc) is 2.66. The van der Waals surface area contributed by atoms with E-state index in [4.69, 9.17) is 27.9 Å². The van der Waals surface area contributed by atoms with Gasteiger partial charge in [-0.15, -0.1) is 0 Å². The lowest BCUT2D eigenvalue weighted by Crippen LogP contribution is -2.31. The van der Waals surface area contributed by atoms with Gasteiger partial charge in [-0.2, -0.15) is 0 Å². The van der Waals surface area contributed by atoms with Gasteiger partial charge in [0.25, 0.3) is 11.6 Å². The Labute approximate surface area is 163 Å². The maximum atomic E-state index is 11.9. The van der Waals surface area contributed by atoms with E-state index >= 15 is 0 Å². The first-order chi connectivity index (χ1) is 12.8. The number of esters is 1. The molecule has 27 heavy (non-hydrogen) atoms. The Balaban J connectivity index is 1.84. The van der Waals surface area contributed by atoms with Crippen molar-refractivity contribution in [3.63, 3.8) is 0 Å². The summed E-state index contributed by atoms with van der Waals surface area (Å²) < 4.78 is 4.79. The van der Waals surface area contributed by atoms with E-state index in [1.54, 1.807) is 0 Å². The van der Waals surface area contributed by atoms with E-state index < -0.39 is 35.7 Å². The van der Waals surface area contributed by atoms with Gasteiger partial charge in [-0.25, -0.2) is 0 Å². The average molecular weight is 411 g/mol. The van der Waals surface area contributed by atoms with Crippen molar-refractivity contribution in [3.05, 3.63) is 73.8 Å². The first-order valence-corrected chi connectivity index (χ1v) is 8.20. The highest BCUT2D eigenvalue weighted by Crippen LogP contribution is 2.22. The van der Waals surface area contributed by atoms with Gasteiger partial charge in [0.2, 0.25) is 0 Å². The number of halogens is 2. The summed E-state index contributed by atoms with van der Waals surface area (Å²) in [5.74, 6) is -2.03. The van der Waals surface area contributed by atoms with Crippen molar-refractivity contribution in [3.8, 4) is 0 Å². The van der Waals surface area contributed by atoms with Crippen LogP contribution in [0.5, 0.6) is 0 Å². The van der Waals surface area contributed by atoms with E-state index in [2.05, 4.69) is 5.32 Å². The van der Waals surface area contributed by atoms with Gasteiger partial charge in [0, 0.05) is 23.3 Å². The van der Waals surface area contributed by atoms with Crippen molar-refractivity contribution in [1.82, 2.24) is 5.32 Å². The third-order valence-corrected chi connectivity index (χ3v) is 4.06. The van der Waals surface area contributed by atoms with Crippen LogP contribution in [0.2, 0.25) is 10.0 Å². The van der Waals surface area contributed by atoms with Crippen LogP contribution in [-0.2, 0) is 9.53 Å². The second kappa shape index (κ2) is 9.11. The minimum Gasteiger partial charge on any atom is -0.456 e. The number of benzene rings is 2. The SMILES string of the molecule is O=C(CNC(=O)c1cccc([N+](=O)[O-])c1)OCC(=O)c1ccc(Cl)c(Cl)c1. The van der Waals surface area contributed by atoms with Gasteiger partial charge in [0.15, 0.2) is 12.4 Å². The number of nitrogens with zero attached hydrogens (tertiary/aromatic N) is 1. The van der Waals surface area contributed by atoms with Crippen LogP contribution in [0.4, 0.5) is 5.69 Å². The van der Waals surface area contributed by atoms with Gasteiger partial charge in [-0.3, -0.25) is 24.5 Å². The summed E-state index contributed by atoms with van der Waals surface area (Å²) in [6.45, 7) is -1.04. The van der Waals surface area contributed by atoms with Crippen molar-refractivity contribution in [2.45, 2.75) is 0 Å². The summed E-state index contributed by atoms with van der Waals surface area (Å²) in [6, 6.07) is 9.26. The van der Waals surface area contributed by atoms with Crippen LogP contribution >= 0.6 is 23.2 Å². The van der Waals surface area contributed by atoms with Crippen LogP contribution in [-0.4, -0.2) is 35.7 Å². The molecular formula is C17H12Cl2N2O6. The number of ketones is 1. The Kier molecular flexibility index (Phi) is 6.86. The molecule has 0 atom stereocenters.